The van der Waals surface area contributed by atoms with Crippen LogP contribution >= 0.6 is 0 Å². The Morgan fingerprint density at radius 3 is 2.23 bits per heavy atom. The van der Waals surface area contributed by atoms with Crippen LogP contribution in [-0.2, 0) is 14.6 Å². The molecule has 5 aliphatic carbocycles. The molecule has 1 aromatic rings. The molecule has 0 aromatic heterocycles. The first kappa shape index (κ1) is 37.8. The average molecular weight is 733 g/mol. The third-order valence-corrected chi connectivity index (χ3v) is 18.1. The van der Waals surface area contributed by atoms with Crippen molar-refractivity contribution >= 4 is 27.3 Å². The van der Waals surface area contributed by atoms with Crippen molar-refractivity contribution in [1.29, 1.82) is 0 Å². The quantitative estimate of drug-likeness (QED) is 0.216. The normalized spacial score (nSPS) is 39.0. The molecule has 7 nitrogen and oxygen atoms in total. The van der Waals surface area contributed by atoms with Gasteiger partial charge in [0.15, 0.2) is 9.84 Å². The lowest BCUT2D eigenvalue weighted by molar-refractivity contribution is -0.167. The van der Waals surface area contributed by atoms with Gasteiger partial charge in [-0.2, -0.15) is 0 Å². The van der Waals surface area contributed by atoms with Crippen LogP contribution in [0.4, 0.5) is 0 Å². The maximum absolute atomic E-state index is 14.5. The SMILES string of the molecule is CC1(C)CC[C@]2(C(=O)NCCCN3CCS(=O)(=O)CC3)CC[C@]3(C)C(=CCC4[C@@]5(C)CC=C(c6ccc(C(=O)O)cc6)C(C)(C)[C@@H]5CC[C@]43C)[C@@H]2C1. The number of sulfone groups is 1. The number of amides is 1. The maximum Gasteiger partial charge on any atom is 0.335 e. The Balaban J connectivity index is 1.14. The van der Waals surface area contributed by atoms with Crippen molar-refractivity contribution in [3.63, 3.8) is 0 Å². The number of hydrogen-bond donors (Lipinski definition) is 2. The van der Waals surface area contributed by atoms with E-state index in [0.29, 0.717) is 37.0 Å². The molecule has 7 rings (SSSR count). The van der Waals surface area contributed by atoms with E-state index < -0.39 is 15.8 Å². The Morgan fingerprint density at radius 2 is 1.56 bits per heavy atom. The first-order chi connectivity index (χ1) is 24.3. The van der Waals surface area contributed by atoms with Crippen molar-refractivity contribution in [3.8, 4) is 0 Å². The molecule has 52 heavy (non-hydrogen) atoms. The Labute approximate surface area is 313 Å². The van der Waals surface area contributed by atoms with Gasteiger partial charge < -0.3 is 15.3 Å². The second-order valence-electron chi connectivity index (χ2n) is 19.9. The summed E-state index contributed by atoms with van der Waals surface area (Å²) < 4.78 is 23.7. The molecule has 2 N–H and O–H groups in total. The largest absolute Gasteiger partial charge is 0.478 e. The molecule has 1 saturated heterocycles. The summed E-state index contributed by atoms with van der Waals surface area (Å²) in [6.07, 6.45) is 15.5. The highest BCUT2D eigenvalue weighted by molar-refractivity contribution is 7.91. The predicted molar refractivity (Wildman–Crippen MR) is 209 cm³/mol. The van der Waals surface area contributed by atoms with Gasteiger partial charge in [0, 0.05) is 19.6 Å². The number of allylic oxidation sites excluding steroid dienone is 4. The zero-order valence-corrected chi connectivity index (χ0v) is 33.8. The van der Waals surface area contributed by atoms with Crippen molar-refractivity contribution in [2.45, 2.75) is 113 Å². The minimum atomic E-state index is -2.89. The number of carbonyl (C=O) groups excluding carboxylic acids is 1. The van der Waals surface area contributed by atoms with Crippen molar-refractivity contribution < 1.29 is 23.1 Å². The molecule has 1 heterocycles. The van der Waals surface area contributed by atoms with Crippen LogP contribution in [0.25, 0.3) is 5.57 Å². The van der Waals surface area contributed by atoms with Crippen LogP contribution in [0.5, 0.6) is 0 Å². The molecule has 0 bridgehead atoms. The molecule has 286 valence electrons. The zero-order chi connectivity index (χ0) is 37.5. The number of carbonyl (C=O) groups is 2. The molecule has 1 aromatic carbocycles. The van der Waals surface area contributed by atoms with Gasteiger partial charge >= 0.3 is 5.97 Å². The average Bonchev–Trinajstić information content (AvgIpc) is 3.07. The summed E-state index contributed by atoms with van der Waals surface area (Å²) >= 11 is 0. The summed E-state index contributed by atoms with van der Waals surface area (Å²) in [6, 6.07) is 7.50. The van der Waals surface area contributed by atoms with Crippen molar-refractivity contribution in [3.05, 3.63) is 53.1 Å². The molecule has 3 saturated carbocycles. The van der Waals surface area contributed by atoms with Gasteiger partial charge in [-0.3, -0.25) is 4.79 Å². The fraction of sp³-hybridized carbons (Fsp3) is 0.727. The van der Waals surface area contributed by atoms with E-state index in [1.807, 2.05) is 12.1 Å². The van der Waals surface area contributed by atoms with Crippen LogP contribution in [0.3, 0.4) is 0 Å². The van der Waals surface area contributed by atoms with Gasteiger partial charge in [0.1, 0.15) is 0 Å². The van der Waals surface area contributed by atoms with Crippen LogP contribution < -0.4 is 5.32 Å². The first-order valence-corrected chi connectivity index (χ1v) is 22.1. The van der Waals surface area contributed by atoms with Crippen LogP contribution in [-0.4, -0.2) is 68.0 Å². The number of carboxylic acids is 1. The number of fused-ring (bicyclic) bond motifs is 7. The minimum Gasteiger partial charge on any atom is -0.478 e. The lowest BCUT2D eigenvalue weighted by Crippen LogP contribution is -2.64. The van der Waals surface area contributed by atoms with Gasteiger partial charge in [0.05, 0.1) is 22.5 Å². The summed E-state index contributed by atoms with van der Waals surface area (Å²) in [5.41, 5.74) is 4.54. The van der Waals surface area contributed by atoms with Crippen LogP contribution in [0.15, 0.2) is 42.0 Å². The van der Waals surface area contributed by atoms with Gasteiger partial charge in [-0.25, -0.2) is 13.2 Å². The Morgan fingerprint density at radius 1 is 0.885 bits per heavy atom. The summed E-state index contributed by atoms with van der Waals surface area (Å²) in [5.74, 6) is 1.18. The zero-order valence-electron chi connectivity index (χ0n) is 32.9. The number of rotatable bonds is 7. The Kier molecular flexibility index (Phi) is 9.33. The van der Waals surface area contributed by atoms with Crippen molar-refractivity contribution in [2.24, 2.45) is 50.2 Å². The molecule has 6 aliphatic rings. The van der Waals surface area contributed by atoms with E-state index in [2.05, 4.69) is 70.8 Å². The van der Waals surface area contributed by atoms with E-state index >= 15 is 0 Å². The molecule has 1 aliphatic heterocycles. The molecule has 0 spiro atoms. The van der Waals surface area contributed by atoms with Crippen LogP contribution in [0, 0.1) is 50.2 Å². The van der Waals surface area contributed by atoms with E-state index in [4.69, 9.17) is 0 Å². The maximum atomic E-state index is 14.5. The predicted octanol–water partition coefficient (Wildman–Crippen LogP) is 8.42. The lowest BCUT2D eigenvalue weighted by Gasteiger charge is -2.70. The van der Waals surface area contributed by atoms with Gasteiger partial charge in [-0.1, -0.05) is 78.3 Å². The van der Waals surface area contributed by atoms with Crippen LogP contribution in [0.2, 0.25) is 0 Å². The smallest absolute Gasteiger partial charge is 0.335 e. The number of nitrogens with zero attached hydrogens (tertiary/aromatic N) is 1. The molecule has 1 amide bonds. The number of aromatic carboxylic acids is 1. The monoisotopic (exact) mass is 732 g/mol. The van der Waals surface area contributed by atoms with Crippen molar-refractivity contribution in [1.82, 2.24) is 10.2 Å². The second-order valence-corrected chi connectivity index (χ2v) is 22.2. The minimum absolute atomic E-state index is 0.0388. The number of benzene rings is 1. The van der Waals surface area contributed by atoms with Crippen LogP contribution in [0.1, 0.15) is 129 Å². The molecular formula is C44H64N2O5S. The summed E-state index contributed by atoms with van der Waals surface area (Å²) in [4.78, 5) is 28.3. The Hall–Kier alpha value is -2.45. The van der Waals surface area contributed by atoms with E-state index in [-0.39, 0.29) is 55.8 Å². The third-order valence-electron chi connectivity index (χ3n) is 16.5. The fourth-order valence-electron chi connectivity index (χ4n) is 13.2. The highest BCUT2D eigenvalue weighted by Crippen LogP contribution is 2.76. The van der Waals surface area contributed by atoms with Crippen molar-refractivity contribution in [2.75, 3.05) is 37.7 Å². The Bertz CT molecular complexity index is 1760. The summed E-state index contributed by atoms with van der Waals surface area (Å²) in [7, 11) is -2.89. The molecule has 7 atom stereocenters. The highest BCUT2D eigenvalue weighted by atomic mass is 32.2. The topological polar surface area (TPSA) is 104 Å². The van der Waals surface area contributed by atoms with Gasteiger partial charge in [0.25, 0.3) is 0 Å². The number of nitrogens with one attached hydrogen (secondary N) is 1. The second kappa shape index (κ2) is 12.8. The van der Waals surface area contributed by atoms with Gasteiger partial charge in [-0.15, -0.1) is 0 Å². The summed E-state index contributed by atoms with van der Waals surface area (Å²) in [6.45, 7) is 20.1. The van der Waals surface area contributed by atoms with E-state index in [9.17, 15) is 23.1 Å². The fourth-order valence-corrected chi connectivity index (χ4v) is 14.5. The molecular weight excluding hydrogens is 669 g/mol. The standard InChI is InChI=1S/C44H64N2O5S/c1-39(2)19-21-44(38(49)45-23-8-24-46-25-27-52(50,51)28-26-46)22-20-42(6)33(34(44)29-39)13-14-36-41(5)17-15-32(30-9-11-31(12-10-30)37(47)48)40(3,4)35(41)16-18-43(36,42)7/h9-13,15,34-36H,8,14,16-29H2,1-7H3,(H,45,49)(H,47,48)/t34-,35-,36?,41-,42+,43+,44-/m0/s1. The highest BCUT2D eigenvalue weighted by Gasteiger charge is 2.68. The molecule has 4 fully saturated rings. The van der Waals surface area contributed by atoms with Gasteiger partial charge in [-0.05, 0) is 139 Å². The lowest BCUT2D eigenvalue weighted by atomic mass is 9.33. The third kappa shape index (κ3) is 5.95. The van der Waals surface area contributed by atoms with E-state index in [1.165, 1.54) is 18.4 Å². The van der Waals surface area contributed by atoms with Gasteiger partial charge in [0.2, 0.25) is 5.91 Å². The molecule has 1 unspecified atom stereocenters. The number of hydrogen-bond acceptors (Lipinski definition) is 5. The van der Waals surface area contributed by atoms with E-state index in [0.717, 1.165) is 63.5 Å². The summed E-state index contributed by atoms with van der Waals surface area (Å²) in [5, 5.41) is 12.9. The first-order valence-electron chi connectivity index (χ1n) is 20.2. The molecule has 8 heteroatoms. The molecule has 0 radical (unpaired) electrons. The number of carboxylic acid groups (broad SMARTS) is 1. The van der Waals surface area contributed by atoms with E-state index in [1.54, 1.807) is 17.7 Å².